The minimum atomic E-state index is -0.951. The molecule has 1 rings (SSSR count). The minimum Gasteiger partial charge on any atom is -0.493 e. The Bertz CT molecular complexity index is 519. The summed E-state index contributed by atoms with van der Waals surface area (Å²) in [6.45, 7) is 0.503. The highest BCUT2D eigenvalue weighted by molar-refractivity contribution is 5.80. The molecule has 0 bridgehead atoms. The van der Waals surface area contributed by atoms with Crippen LogP contribution in [0.4, 0.5) is 0 Å². The first-order chi connectivity index (χ1) is 10.5. The Labute approximate surface area is 129 Å². The standard InChI is InChI=1S/C15H22N2O5/c1-21-12-5-3-10(9-13(12)22-2)7-8-17-11(15(16)20)4-6-14(18)19/h3,5,9,11,17H,4,6-8H2,1-2H3,(H2,16,20)(H,18,19)/t11-/m0/s1. The fourth-order valence-electron chi connectivity index (χ4n) is 2.04. The van der Waals surface area contributed by atoms with Crippen LogP contribution in [0.15, 0.2) is 18.2 Å². The van der Waals surface area contributed by atoms with Crippen LogP contribution in [0, 0.1) is 0 Å². The van der Waals surface area contributed by atoms with Crippen molar-refractivity contribution < 1.29 is 24.2 Å². The number of benzene rings is 1. The zero-order valence-corrected chi connectivity index (χ0v) is 12.8. The Hall–Kier alpha value is -2.28. The number of carboxylic acids is 1. The van der Waals surface area contributed by atoms with Gasteiger partial charge in [0.2, 0.25) is 5.91 Å². The van der Waals surface area contributed by atoms with Crippen LogP contribution in [0.5, 0.6) is 11.5 Å². The van der Waals surface area contributed by atoms with Crippen LogP contribution in [0.2, 0.25) is 0 Å². The van der Waals surface area contributed by atoms with Crippen molar-refractivity contribution >= 4 is 11.9 Å². The van der Waals surface area contributed by atoms with E-state index in [1.807, 2.05) is 18.2 Å². The zero-order valence-electron chi connectivity index (χ0n) is 12.8. The summed E-state index contributed by atoms with van der Waals surface area (Å²) in [6.07, 6.45) is 0.727. The molecule has 0 heterocycles. The number of amides is 1. The van der Waals surface area contributed by atoms with Crippen LogP contribution >= 0.6 is 0 Å². The Kier molecular flexibility index (Phi) is 7.18. The Morgan fingerprint density at radius 1 is 1.27 bits per heavy atom. The molecule has 0 radical (unpaired) electrons. The van der Waals surface area contributed by atoms with Gasteiger partial charge in [-0.1, -0.05) is 6.07 Å². The fraction of sp³-hybridized carbons (Fsp3) is 0.467. The topological polar surface area (TPSA) is 111 Å². The Morgan fingerprint density at radius 3 is 2.50 bits per heavy atom. The molecule has 7 heteroatoms. The molecule has 0 unspecified atom stereocenters. The lowest BCUT2D eigenvalue weighted by Gasteiger charge is -2.15. The molecule has 0 aliphatic carbocycles. The van der Waals surface area contributed by atoms with Gasteiger partial charge in [-0.25, -0.2) is 0 Å². The molecule has 7 nitrogen and oxygen atoms in total. The number of carbonyl (C=O) groups is 2. The number of primary amides is 1. The van der Waals surface area contributed by atoms with Gasteiger partial charge in [-0.05, 0) is 37.1 Å². The van der Waals surface area contributed by atoms with Gasteiger partial charge in [-0.15, -0.1) is 0 Å². The molecule has 0 aliphatic heterocycles. The van der Waals surface area contributed by atoms with Crippen LogP contribution in [-0.4, -0.2) is 43.8 Å². The number of nitrogens with one attached hydrogen (secondary N) is 1. The molecule has 122 valence electrons. The normalized spacial score (nSPS) is 11.7. The minimum absolute atomic E-state index is 0.100. The quantitative estimate of drug-likeness (QED) is 0.582. The lowest BCUT2D eigenvalue weighted by Crippen LogP contribution is -2.42. The van der Waals surface area contributed by atoms with Gasteiger partial charge in [0.15, 0.2) is 11.5 Å². The van der Waals surface area contributed by atoms with Crippen LogP contribution in [0.1, 0.15) is 18.4 Å². The molecule has 1 amide bonds. The molecule has 22 heavy (non-hydrogen) atoms. The van der Waals surface area contributed by atoms with Gasteiger partial charge in [0.1, 0.15) is 0 Å². The second-order valence-electron chi connectivity index (χ2n) is 4.78. The number of carboxylic acid groups (broad SMARTS) is 1. The summed E-state index contributed by atoms with van der Waals surface area (Å²) in [6, 6.07) is 4.93. The summed E-state index contributed by atoms with van der Waals surface area (Å²) in [4.78, 5) is 21.8. The SMILES string of the molecule is COc1ccc(CCN[C@@H](CCC(=O)O)C(N)=O)cc1OC. The van der Waals surface area contributed by atoms with E-state index in [4.69, 9.17) is 20.3 Å². The van der Waals surface area contributed by atoms with E-state index in [2.05, 4.69) is 5.32 Å². The van der Waals surface area contributed by atoms with E-state index < -0.39 is 17.9 Å². The highest BCUT2D eigenvalue weighted by Gasteiger charge is 2.15. The van der Waals surface area contributed by atoms with E-state index in [1.165, 1.54) is 0 Å². The summed E-state index contributed by atoms with van der Waals surface area (Å²) >= 11 is 0. The van der Waals surface area contributed by atoms with Gasteiger partial charge in [0.25, 0.3) is 0 Å². The molecule has 1 aromatic rings. The first kappa shape index (κ1) is 17.8. The molecule has 0 spiro atoms. The molecule has 1 atom stereocenters. The lowest BCUT2D eigenvalue weighted by atomic mass is 10.1. The predicted octanol–water partition coefficient (Wildman–Crippen LogP) is 0.555. The number of rotatable bonds is 10. The van der Waals surface area contributed by atoms with E-state index in [0.717, 1.165) is 5.56 Å². The monoisotopic (exact) mass is 310 g/mol. The van der Waals surface area contributed by atoms with Crippen molar-refractivity contribution in [2.75, 3.05) is 20.8 Å². The van der Waals surface area contributed by atoms with Crippen molar-refractivity contribution in [2.45, 2.75) is 25.3 Å². The third kappa shape index (κ3) is 5.61. The van der Waals surface area contributed by atoms with E-state index in [9.17, 15) is 9.59 Å². The molecular weight excluding hydrogens is 288 g/mol. The van der Waals surface area contributed by atoms with Crippen molar-refractivity contribution in [3.63, 3.8) is 0 Å². The van der Waals surface area contributed by atoms with Crippen LogP contribution in [0.25, 0.3) is 0 Å². The van der Waals surface area contributed by atoms with Crippen molar-refractivity contribution in [1.29, 1.82) is 0 Å². The highest BCUT2D eigenvalue weighted by atomic mass is 16.5. The Morgan fingerprint density at radius 2 is 1.95 bits per heavy atom. The van der Waals surface area contributed by atoms with Gasteiger partial charge in [0.05, 0.1) is 20.3 Å². The van der Waals surface area contributed by atoms with Gasteiger partial charge in [-0.2, -0.15) is 0 Å². The van der Waals surface area contributed by atoms with Crippen molar-refractivity contribution in [3.8, 4) is 11.5 Å². The summed E-state index contributed by atoms with van der Waals surface area (Å²) in [5.41, 5.74) is 6.26. The molecule has 0 aromatic heterocycles. The molecule has 0 saturated carbocycles. The first-order valence-corrected chi connectivity index (χ1v) is 6.93. The lowest BCUT2D eigenvalue weighted by molar-refractivity contribution is -0.137. The number of methoxy groups -OCH3 is 2. The predicted molar refractivity (Wildman–Crippen MR) is 81.1 cm³/mol. The third-order valence-corrected chi connectivity index (χ3v) is 3.24. The van der Waals surface area contributed by atoms with Crippen molar-refractivity contribution in [2.24, 2.45) is 5.73 Å². The third-order valence-electron chi connectivity index (χ3n) is 3.24. The summed E-state index contributed by atoms with van der Waals surface area (Å²) in [5.74, 6) is -0.213. The summed E-state index contributed by atoms with van der Waals surface area (Å²) < 4.78 is 10.4. The van der Waals surface area contributed by atoms with Crippen LogP contribution in [0.3, 0.4) is 0 Å². The molecule has 0 fully saturated rings. The molecule has 0 saturated heterocycles. The maximum atomic E-state index is 11.3. The number of carbonyl (C=O) groups excluding carboxylic acids is 1. The first-order valence-electron chi connectivity index (χ1n) is 6.93. The van der Waals surface area contributed by atoms with Gasteiger partial charge < -0.3 is 25.6 Å². The van der Waals surface area contributed by atoms with Gasteiger partial charge in [-0.3, -0.25) is 9.59 Å². The highest BCUT2D eigenvalue weighted by Crippen LogP contribution is 2.27. The number of nitrogens with two attached hydrogens (primary N) is 1. The molecule has 4 N–H and O–H groups in total. The number of hydrogen-bond acceptors (Lipinski definition) is 5. The van der Waals surface area contributed by atoms with Gasteiger partial charge >= 0.3 is 5.97 Å². The van der Waals surface area contributed by atoms with Crippen molar-refractivity contribution in [1.82, 2.24) is 5.32 Å². The molecule has 0 aliphatic rings. The average Bonchev–Trinajstić information content (AvgIpc) is 2.49. The number of aliphatic carboxylic acids is 1. The maximum absolute atomic E-state index is 11.3. The number of ether oxygens (including phenoxy) is 2. The van der Waals surface area contributed by atoms with E-state index in [1.54, 1.807) is 14.2 Å². The fourth-order valence-corrected chi connectivity index (χ4v) is 2.04. The zero-order chi connectivity index (χ0) is 16.5. The van der Waals surface area contributed by atoms with Crippen LogP contribution < -0.4 is 20.5 Å². The van der Waals surface area contributed by atoms with E-state index in [0.29, 0.717) is 24.5 Å². The second kappa shape index (κ2) is 8.89. The Balaban J connectivity index is 2.54. The summed E-state index contributed by atoms with van der Waals surface area (Å²) in [7, 11) is 3.13. The van der Waals surface area contributed by atoms with E-state index in [-0.39, 0.29) is 12.8 Å². The molecular formula is C15H22N2O5. The van der Waals surface area contributed by atoms with E-state index >= 15 is 0 Å². The van der Waals surface area contributed by atoms with Crippen molar-refractivity contribution in [3.05, 3.63) is 23.8 Å². The number of hydrogen-bond donors (Lipinski definition) is 3. The average molecular weight is 310 g/mol. The molecule has 1 aromatic carbocycles. The van der Waals surface area contributed by atoms with Crippen LogP contribution in [-0.2, 0) is 16.0 Å². The second-order valence-corrected chi connectivity index (χ2v) is 4.78. The van der Waals surface area contributed by atoms with Gasteiger partial charge in [0, 0.05) is 6.42 Å². The summed E-state index contributed by atoms with van der Waals surface area (Å²) in [5, 5.41) is 11.6. The largest absolute Gasteiger partial charge is 0.493 e. The smallest absolute Gasteiger partial charge is 0.303 e. The maximum Gasteiger partial charge on any atom is 0.303 e.